The van der Waals surface area contributed by atoms with Crippen LogP contribution in [0.15, 0.2) is 30.3 Å². The normalized spacial score (nSPS) is 20.1. The van der Waals surface area contributed by atoms with Crippen LogP contribution in [-0.2, 0) is 6.40 Å². The molecule has 1 rings (SSSR count). The molecular formula is C9H11NO2. The van der Waals surface area contributed by atoms with Crippen LogP contribution in [0.3, 0.4) is 0 Å². The zero-order valence-electron chi connectivity index (χ0n) is 8.73. The molecule has 3 heteroatoms. The van der Waals surface area contributed by atoms with Crippen molar-refractivity contribution in [2.24, 2.45) is 0 Å². The first kappa shape index (κ1) is 6.17. The summed E-state index contributed by atoms with van der Waals surface area (Å²) in [6, 6.07) is 6.41. The van der Waals surface area contributed by atoms with Gasteiger partial charge in [-0.05, 0) is 5.56 Å². The van der Waals surface area contributed by atoms with Crippen molar-refractivity contribution >= 4 is 0 Å². The Hall–Kier alpha value is -1.38. The quantitative estimate of drug-likeness (QED) is 0.509. The molecule has 12 heavy (non-hydrogen) atoms. The summed E-state index contributed by atoms with van der Waals surface area (Å²) in [7, 11) is 0. The van der Waals surface area contributed by atoms with E-state index < -0.39 is 17.3 Å². The number of benzene rings is 1. The molecule has 0 radical (unpaired) electrons. The fraction of sp³-hybridized carbons (Fsp3) is 0.333. The minimum Gasteiger partial charge on any atom is -0.264 e. The van der Waals surface area contributed by atoms with E-state index in [9.17, 15) is 10.1 Å². The maximum atomic E-state index is 10.5. The minimum atomic E-state index is -2.00. The molecule has 0 bridgehead atoms. The van der Waals surface area contributed by atoms with E-state index in [4.69, 9.17) is 2.74 Å². The van der Waals surface area contributed by atoms with Crippen LogP contribution < -0.4 is 0 Å². The lowest BCUT2D eigenvalue weighted by Crippen LogP contribution is -2.17. The average Bonchev–Trinajstić information content (AvgIpc) is 2.17. The van der Waals surface area contributed by atoms with Gasteiger partial charge in [0.1, 0.15) is 1.37 Å². The van der Waals surface area contributed by atoms with Gasteiger partial charge >= 0.3 is 0 Å². The number of rotatable bonds is 3. The molecule has 1 aromatic carbocycles. The van der Waals surface area contributed by atoms with Crippen LogP contribution in [0.2, 0.25) is 0 Å². The van der Waals surface area contributed by atoms with E-state index in [2.05, 4.69) is 0 Å². The molecule has 1 aromatic rings. The van der Waals surface area contributed by atoms with E-state index in [0.29, 0.717) is 5.56 Å². The van der Waals surface area contributed by atoms with Gasteiger partial charge in [-0.1, -0.05) is 30.3 Å². The van der Waals surface area contributed by atoms with Crippen LogP contribution in [0.1, 0.15) is 15.2 Å². The van der Waals surface area contributed by atoms with Crippen molar-refractivity contribution in [1.82, 2.24) is 0 Å². The Labute approximate surface area is 74.0 Å². The highest BCUT2D eigenvalue weighted by atomic mass is 16.6. The molecule has 2 atom stereocenters. The molecule has 0 aliphatic rings. The van der Waals surface area contributed by atoms with Crippen LogP contribution in [0.25, 0.3) is 0 Å². The zero-order valence-corrected chi connectivity index (χ0v) is 6.73. The van der Waals surface area contributed by atoms with Crippen molar-refractivity contribution in [3.63, 3.8) is 0 Å². The predicted octanol–water partition coefficient (Wildman–Crippen LogP) is 1.89. The molecule has 0 saturated heterocycles. The molecular weight excluding hydrogens is 154 g/mol. The Morgan fingerprint density at radius 1 is 1.67 bits per heavy atom. The first-order valence-electron chi connectivity index (χ1n) is 4.65. The Morgan fingerprint density at radius 2 is 2.25 bits per heavy atom. The third kappa shape index (κ3) is 2.34. The topological polar surface area (TPSA) is 43.1 Å². The van der Waals surface area contributed by atoms with Gasteiger partial charge in [-0.2, -0.15) is 0 Å². The SMILES string of the molecule is [2H]C(c1ccccc1)C([2H])(C)[N+](=O)[O-]. The van der Waals surface area contributed by atoms with Crippen molar-refractivity contribution in [1.29, 1.82) is 0 Å². The summed E-state index contributed by atoms with van der Waals surface area (Å²) in [6.07, 6.45) is -1.17. The van der Waals surface area contributed by atoms with Crippen molar-refractivity contribution in [3.05, 3.63) is 46.0 Å². The largest absolute Gasteiger partial charge is 0.264 e. The maximum Gasteiger partial charge on any atom is 0.214 e. The second kappa shape index (κ2) is 3.85. The summed E-state index contributed by atoms with van der Waals surface area (Å²) >= 11 is 0. The lowest BCUT2D eigenvalue weighted by atomic mass is 10.1. The molecule has 3 nitrogen and oxygen atoms in total. The Bertz CT molecular complexity index is 327. The summed E-state index contributed by atoms with van der Waals surface area (Å²) in [5, 5.41) is 10.5. The van der Waals surface area contributed by atoms with E-state index >= 15 is 0 Å². The van der Waals surface area contributed by atoms with Crippen LogP contribution in [0.4, 0.5) is 0 Å². The van der Waals surface area contributed by atoms with Gasteiger partial charge in [-0.25, -0.2) is 0 Å². The third-order valence-corrected chi connectivity index (χ3v) is 1.46. The number of nitrogens with zero attached hydrogens (tertiary/aromatic N) is 1. The van der Waals surface area contributed by atoms with Crippen LogP contribution in [-0.4, -0.2) is 10.9 Å². The highest BCUT2D eigenvalue weighted by molar-refractivity contribution is 5.15. The van der Waals surface area contributed by atoms with Gasteiger partial charge in [0.05, 0.1) is 0 Å². The fourth-order valence-electron chi connectivity index (χ4n) is 0.843. The third-order valence-electron chi connectivity index (χ3n) is 1.46. The molecule has 0 amide bonds. The summed E-state index contributed by atoms with van der Waals surface area (Å²) in [4.78, 5) is 9.80. The standard InChI is InChI=1S/C9H11NO2/c1-8(10(11)12)7-9-5-3-2-4-6-9/h2-6,8H,7H2,1H3/i7D,8D. The van der Waals surface area contributed by atoms with Gasteiger partial charge in [-0.15, -0.1) is 0 Å². The summed E-state index contributed by atoms with van der Waals surface area (Å²) in [5.41, 5.74) is 0.488. The first-order valence-corrected chi connectivity index (χ1v) is 3.58. The first-order chi connectivity index (χ1) is 6.46. The van der Waals surface area contributed by atoms with Crippen molar-refractivity contribution in [2.75, 3.05) is 0 Å². The monoisotopic (exact) mass is 167 g/mol. The van der Waals surface area contributed by atoms with Gasteiger partial charge < -0.3 is 0 Å². The summed E-state index contributed by atoms with van der Waals surface area (Å²) < 4.78 is 15.1. The Kier molecular flexibility index (Phi) is 1.98. The predicted molar refractivity (Wildman–Crippen MR) is 46.6 cm³/mol. The molecule has 0 aliphatic heterocycles. The van der Waals surface area contributed by atoms with E-state index in [1.807, 2.05) is 0 Å². The van der Waals surface area contributed by atoms with Crippen LogP contribution in [0, 0.1) is 10.1 Å². The second-order valence-corrected chi connectivity index (χ2v) is 2.45. The number of hydrogen-bond donors (Lipinski definition) is 0. The molecule has 0 aliphatic carbocycles. The lowest BCUT2D eigenvalue weighted by Gasteiger charge is -2.02. The van der Waals surface area contributed by atoms with Crippen LogP contribution in [0.5, 0.6) is 0 Å². The Morgan fingerprint density at radius 3 is 2.75 bits per heavy atom. The van der Waals surface area contributed by atoms with E-state index in [0.717, 1.165) is 6.92 Å². The van der Waals surface area contributed by atoms with Gasteiger partial charge in [-0.3, -0.25) is 10.1 Å². The van der Waals surface area contributed by atoms with Crippen molar-refractivity contribution in [2.45, 2.75) is 19.3 Å². The van der Waals surface area contributed by atoms with Crippen molar-refractivity contribution in [3.8, 4) is 0 Å². The average molecular weight is 167 g/mol. The van der Waals surface area contributed by atoms with Gasteiger partial charge in [0.15, 0.2) is 0 Å². The second-order valence-electron chi connectivity index (χ2n) is 2.45. The maximum absolute atomic E-state index is 10.5. The zero-order chi connectivity index (χ0) is 10.8. The van der Waals surface area contributed by atoms with Gasteiger partial charge in [0, 0.05) is 19.6 Å². The Balaban J connectivity index is 2.96. The van der Waals surface area contributed by atoms with Gasteiger partial charge in [0.25, 0.3) is 0 Å². The smallest absolute Gasteiger partial charge is 0.214 e. The van der Waals surface area contributed by atoms with Gasteiger partial charge in [0.2, 0.25) is 6.02 Å². The highest BCUT2D eigenvalue weighted by Crippen LogP contribution is 2.04. The minimum absolute atomic E-state index is 0.488. The van der Waals surface area contributed by atoms with Crippen LogP contribution >= 0.6 is 0 Å². The molecule has 0 saturated carbocycles. The fourth-order valence-corrected chi connectivity index (χ4v) is 0.843. The highest BCUT2D eigenvalue weighted by Gasteiger charge is 2.12. The molecule has 2 unspecified atom stereocenters. The molecule has 0 heterocycles. The summed E-state index contributed by atoms with van der Waals surface area (Å²) in [5.74, 6) is 0. The molecule has 64 valence electrons. The molecule has 0 aromatic heterocycles. The number of nitro groups is 1. The lowest BCUT2D eigenvalue weighted by molar-refractivity contribution is -0.517. The summed E-state index contributed by atoms with van der Waals surface area (Å²) in [6.45, 7) is 1.14. The molecule has 0 N–H and O–H groups in total. The number of hydrogen-bond acceptors (Lipinski definition) is 2. The van der Waals surface area contributed by atoms with E-state index in [1.165, 1.54) is 0 Å². The van der Waals surface area contributed by atoms with E-state index in [-0.39, 0.29) is 0 Å². The van der Waals surface area contributed by atoms with E-state index in [1.54, 1.807) is 30.3 Å². The molecule has 0 spiro atoms. The molecule has 0 fully saturated rings. The van der Waals surface area contributed by atoms with Crippen molar-refractivity contribution < 1.29 is 7.66 Å².